The maximum absolute atomic E-state index is 13.3. The molecule has 2 amide bonds. The zero-order valence-corrected chi connectivity index (χ0v) is 20.2. The predicted molar refractivity (Wildman–Crippen MR) is 137 cm³/mol. The normalized spacial score (nSPS) is 11.5. The molecule has 0 saturated carbocycles. The van der Waals surface area contributed by atoms with Crippen LogP contribution in [0.15, 0.2) is 83.4 Å². The standard InChI is InChI=1S/C28H28N4O4/c1-18-25(19(2)36-32-18)22-11-13-23(14-12-22)26(27(33)30-24-10-6-9-21(15-24)16-29)31-28(34)35-17-20-7-4-3-5-8-20/h3-15,26H,16-17,29H2,1-2H3,(H,30,33)(H,31,34)/t26-/m1/s1. The van der Waals surface area contributed by atoms with Gasteiger partial charge in [0, 0.05) is 17.8 Å². The zero-order chi connectivity index (χ0) is 25.5. The summed E-state index contributed by atoms with van der Waals surface area (Å²) in [6.45, 7) is 4.15. The van der Waals surface area contributed by atoms with E-state index in [-0.39, 0.29) is 6.61 Å². The Morgan fingerprint density at radius 3 is 2.36 bits per heavy atom. The molecule has 1 aromatic heterocycles. The first kappa shape index (κ1) is 24.7. The first-order valence-corrected chi connectivity index (χ1v) is 11.5. The van der Waals surface area contributed by atoms with Gasteiger partial charge in [-0.05, 0) is 48.2 Å². The molecule has 8 heteroatoms. The molecule has 0 aliphatic heterocycles. The first-order chi connectivity index (χ1) is 17.4. The third kappa shape index (κ3) is 5.97. The number of hydrogen-bond acceptors (Lipinski definition) is 6. The predicted octanol–water partition coefficient (Wildman–Crippen LogP) is 5.02. The number of nitrogens with zero attached hydrogens (tertiary/aromatic N) is 1. The molecule has 0 saturated heterocycles. The molecule has 4 rings (SSSR count). The van der Waals surface area contributed by atoms with E-state index >= 15 is 0 Å². The van der Waals surface area contributed by atoms with Crippen molar-refractivity contribution in [3.8, 4) is 11.1 Å². The highest BCUT2D eigenvalue weighted by molar-refractivity contribution is 5.97. The number of hydrogen-bond donors (Lipinski definition) is 3. The molecule has 0 aliphatic rings. The second-order valence-electron chi connectivity index (χ2n) is 8.35. The Hall–Kier alpha value is -4.43. The minimum atomic E-state index is -0.992. The van der Waals surface area contributed by atoms with Gasteiger partial charge in [-0.1, -0.05) is 71.9 Å². The van der Waals surface area contributed by atoms with Crippen molar-refractivity contribution in [2.45, 2.75) is 33.0 Å². The smallest absolute Gasteiger partial charge is 0.408 e. The van der Waals surface area contributed by atoms with E-state index < -0.39 is 18.0 Å². The molecule has 8 nitrogen and oxygen atoms in total. The van der Waals surface area contributed by atoms with Crippen molar-refractivity contribution in [2.24, 2.45) is 5.73 Å². The average molecular weight is 485 g/mol. The molecule has 1 heterocycles. The van der Waals surface area contributed by atoms with Gasteiger partial charge in [0.2, 0.25) is 0 Å². The number of ether oxygens (including phenoxy) is 1. The third-order valence-electron chi connectivity index (χ3n) is 5.73. The van der Waals surface area contributed by atoms with Crippen molar-refractivity contribution < 1.29 is 18.8 Å². The van der Waals surface area contributed by atoms with E-state index in [9.17, 15) is 9.59 Å². The number of anilines is 1. The van der Waals surface area contributed by atoms with Gasteiger partial charge in [-0.15, -0.1) is 0 Å². The molecule has 36 heavy (non-hydrogen) atoms. The van der Waals surface area contributed by atoms with Crippen LogP contribution in [0.5, 0.6) is 0 Å². The SMILES string of the molecule is Cc1noc(C)c1-c1ccc([C@@H](NC(=O)OCc2ccccc2)C(=O)Nc2cccc(CN)c2)cc1. The molecule has 0 bridgehead atoms. The topological polar surface area (TPSA) is 119 Å². The summed E-state index contributed by atoms with van der Waals surface area (Å²) in [6, 6.07) is 22.9. The maximum Gasteiger partial charge on any atom is 0.408 e. The Bertz CT molecular complexity index is 1310. The first-order valence-electron chi connectivity index (χ1n) is 11.5. The van der Waals surface area contributed by atoms with Crippen molar-refractivity contribution in [2.75, 3.05) is 5.32 Å². The monoisotopic (exact) mass is 484 g/mol. The zero-order valence-electron chi connectivity index (χ0n) is 20.2. The van der Waals surface area contributed by atoms with E-state index in [1.807, 2.05) is 68.4 Å². The number of nitrogens with one attached hydrogen (secondary N) is 2. The molecule has 184 valence electrons. The lowest BCUT2D eigenvalue weighted by Crippen LogP contribution is -2.37. The van der Waals surface area contributed by atoms with Crippen molar-refractivity contribution in [3.63, 3.8) is 0 Å². The van der Waals surface area contributed by atoms with Crippen LogP contribution >= 0.6 is 0 Å². The van der Waals surface area contributed by atoms with Gasteiger partial charge in [0.05, 0.1) is 5.69 Å². The fourth-order valence-electron chi connectivity index (χ4n) is 3.91. The summed E-state index contributed by atoms with van der Waals surface area (Å²) in [5, 5.41) is 9.57. The highest BCUT2D eigenvalue weighted by Gasteiger charge is 2.24. The van der Waals surface area contributed by atoms with Crippen LogP contribution in [0.25, 0.3) is 11.1 Å². The molecule has 0 fully saturated rings. The van der Waals surface area contributed by atoms with Crippen LogP contribution in [0.2, 0.25) is 0 Å². The molecule has 0 unspecified atom stereocenters. The summed E-state index contributed by atoms with van der Waals surface area (Å²) >= 11 is 0. The van der Waals surface area contributed by atoms with Gasteiger partial charge in [0.1, 0.15) is 18.4 Å². The molecule has 0 radical (unpaired) electrons. The number of carbonyl (C=O) groups is 2. The summed E-state index contributed by atoms with van der Waals surface area (Å²) in [4.78, 5) is 26.0. The summed E-state index contributed by atoms with van der Waals surface area (Å²) in [5.41, 5.74) is 11.2. The lowest BCUT2D eigenvalue weighted by Gasteiger charge is -2.19. The minimum absolute atomic E-state index is 0.0878. The fourth-order valence-corrected chi connectivity index (χ4v) is 3.91. The van der Waals surface area contributed by atoms with Crippen LogP contribution < -0.4 is 16.4 Å². The van der Waals surface area contributed by atoms with Crippen LogP contribution in [-0.4, -0.2) is 17.2 Å². The van der Waals surface area contributed by atoms with Gasteiger partial charge in [0.25, 0.3) is 5.91 Å². The molecule has 0 aliphatic carbocycles. The second-order valence-corrected chi connectivity index (χ2v) is 8.35. The fraction of sp³-hybridized carbons (Fsp3) is 0.179. The van der Waals surface area contributed by atoms with Crippen molar-refractivity contribution >= 4 is 17.7 Å². The Balaban J connectivity index is 1.55. The van der Waals surface area contributed by atoms with Gasteiger partial charge in [-0.2, -0.15) is 0 Å². The van der Waals surface area contributed by atoms with Crippen molar-refractivity contribution in [1.82, 2.24) is 10.5 Å². The Kier molecular flexibility index (Phi) is 7.77. The summed E-state index contributed by atoms with van der Waals surface area (Å²) < 4.78 is 10.6. The number of rotatable bonds is 8. The second kappa shape index (κ2) is 11.3. The third-order valence-corrected chi connectivity index (χ3v) is 5.73. The van der Waals surface area contributed by atoms with Crippen LogP contribution in [0.1, 0.15) is 34.2 Å². The van der Waals surface area contributed by atoms with Gasteiger partial charge < -0.3 is 25.6 Å². The molecule has 4 N–H and O–H groups in total. The average Bonchev–Trinajstić information content (AvgIpc) is 3.24. The molecule has 0 spiro atoms. The number of benzene rings is 3. The largest absolute Gasteiger partial charge is 0.445 e. The van der Waals surface area contributed by atoms with Crippen LogP contribution in [0.3, 0.4) is 0 Å². The lowest BCUT2D eigenvalue weighted by molar-refractivity contribution is -0.118. The summed E-state index contributed by atoms with van der Waals surface area (Å²) in [7, 11) is 0. The van der Waals surface area contributed by atoms with Crippen molar-refractivity contribution in [1.29, 1.82) is 0 Å². The number of carbonyl (C=O) groups excluding carboxylic acids is 2. The quantitative estimate of drug-likeness (QED) is 0.323. The molecule has 4 aromatic rings. The van der Waals surface area contributed by atoms with Gasteiger partial charge in [0.15, 0.2) is 0 Å². The van der Waals surface area contributed by atoms with Crippen LogP contribution in [0.4, 0.5) is 10.5 Å². The van der Waals surface area contributed by atoms with Crippen LogP contribution in [-0.2, 0) is 22.7 Å². The van der Waals surface area contributed by atoms with Crippen molar-refractivity contribution in [3.05, 3.63) is 107 Å². The van der Waals surface area contributed by atoms with E-state index in [0.29, 0.717) is 23.6 Å². The Morgan fingerprint density at radius 1 is 0.972 bits per heavy atom. The maximum atomic E-state index is 13.3. The molecule has 3 aromatic carbocycles. The van der Waals surface area contributed by atoms with E-state index in [4.69, 9.17) is 15.0 Å². The number of alkyl carbamates (subject to hydrolysis) is 1. The molecular weight excluding hydrogens is 456 g/mol. The van der Waals surface area contributed by atoms with Gasteiger partial charge in [-0.3, -0.25) is 4.79 Å². The summed E-state index contributed by atoms with van der Waals surface area (Å²) in [5.74, 6) is 0.294. The number of aromatic nitrogens is 1. The number of amides is 2. The van der Waals surface area contributed by atoms with E-state index in [2.05, 4.69) is 15.8 Å². The molecule has 1 atom stereocenters. The Labute approximate surface area is 209 Å². The Morgan fingerprint density at radius 2 is 1.69 bits per heavy atom. The van der Waals surface area contributed by atoms with Crippen LogP contribution in [0, 0.1) is 13.8 Å². The highest BCUT2D eigenvalue weighted by Crippen LogP contribution is 2.28. The molecular formula is C28H28N4O4. The van der Waals surface area contributed by atoms with E-state index in [0.717, 1.165) is 27.9 Å². The van der Waals surface area contributed by atoms with Gasteiger partial charge >= 0.3 is 6.09 Å². The minimum Gasteiger partial charge on any atom is -0.445 e. The number of aryl methyl sites for hydroxylation is 2. The van der Waals surface area contributed by atoms with E-state index in [1.54, 1.807) is 24.3 Å². The lowest BCUT2D eigenvalue weighted by atomic mass is 9.99. The number of nitrogens with two attached hydrogens (primary N) is 1. The highest BCUT2D eigenvalue weighted by atomic mass is 16.5. The summed E-state index contributed by atoms with van der Waals surface area (Å²) in [6.07, 6.45) is -0.704. The van der Waals surface area contributed by atoms with Gasteiger partial charge in [-0.25, -0.2) is 4.79 Å². The van der Waals surface area contributed by atoms with E-state index in [1.165, 1.54) is 0 Å².